The van der Waals surface area contributed by atoms with Gasteiger partial charge in [0.1, 0.15) is 16.1 Å². The third kappa shape index (κ3) is 2.95. The van der Waals surface area contributed by atoms with Gasteiger partial charge in [-0.1, -0.05) is 35.3 Å². The minimum Gasteiger partial charge on any atom is -0.406 e. The monoisotopic (exact) mass is 347 g/mol. The highest BCUT2D eigenvalue weighted by atomic mass is 35.5. The SMILES string of the molecule is FC(F)(F)Oc1cccc(-c2cnn3c(Cl)cc(Cl)nc23)c1. The van der Waals surface area contributed by atoms with Crippen molar-refractivity contribution in [1.82, 2.24) is 14.6 Å². The molecule has 114 valence electrons. The molecular formula is C13H6Cl2F3N3O. The normalized spacial score (nSPS) is 11.9. The Hall–Kier alpha value is -1.99. The van der Waals surface area contributed by atoms with Crippen LogP contribution in [-0.2, 0) is 0 Å². The van der Waals surface area contributed by atoms with Gasteiger partial charge in [-0.25, -0.2) is 9.50 Å². The van der Waals surface area contributed by atoms with Gasteiger partial charge in [-0.3, -0.25) is 0 Å². The molecule has 9 heteroatoms. The molecule has 0 atom stereocenters. The lowest BCUT2D eigenvalue weighted by Crippen LogP contribution is -2.17. The van der Waals surface area contributed by atoms with Gasteiger partial charge >= 0.3 is 6.36 Å². The van der Waals surface area contributed by atoms with E-state index in [4.69, 9.17) is 23.2 Å². The molecule has 0 aliphatic heterocycles. The molecule has 0 saturated carbocycles. The topological polar surface area (TPSA) is 39.4 Å². The molecule has 0 bridgehead atoms. The number of nitrogens with zero attached hydrogens (tertiary/aromatic N) is 3. The Kier molecular flexibility index (Phi) is 3.62. The van der Waals surface area contributed by atoms with E-state index in [0.717, 1.165) is 0 Å². The summed E-state index contributed by atoms with van der Waals surface area (Å²) in [5.74, 6) is -0.336. The summed E-state index contributed by atoms with van der Waals surface area (Å²) in [6.45, 7) is 0. The summed E-state index contributed by atoms with van der Waals surface area (Å²) < 4.78 is 42.1. The van der Waals surface area contributed by atoms with Crippen LogP contribution in [0.15, 0.2) is 36.5 Å². The van der Waals surface area contributed by atoms with Gasteiger partial charge in [0.15, 0.2) is 5.65 Å². The number of aromatic nitrogens is 3. The van der Waals surface area contributed by atoms with E-state index in [2.05, 4.69) is 14.8 Å². The molecule has 0 fully saturated rings. The van der Waals surface area contributed by atoms with Gasteiger partial charge in [0.25, 0.3) is 0 Å². The average Bonchev–Trinajstić information content (AvgIpc) is 2.81. The summed E-state index contributed by atoms with van der Waals surface area (Å²) in [6, 6.07) is 6.90. The third-order valence-corrected chi connectivity index (χ3v) is 3.24. The first-order valence-electron chi connectivity index (χ1n) is 5.89. The van der Waals surface area contributed by atoms with Crippen molar-refractivity contribution in [1.29, 1.82) is 0 Å². The molecule has 0 unspecified atom stereocenters. The molecule has 1 aromatic carbocycles. The smallest absolute Gasteiger partial charge is 0.406 e. The van der Waals surface area contributed by atoms with Crippen LogP contribution in [0, 0.1) is 0 Å². The van der Waals surface area contributed by atoms with Crippen LogP contribution in [0.4, 0.5) is 13.2 Å². The third-order valence-electron chi connectivity index (χ3n) is 2.78. The van der Waals surface area contributed by atoms with E-state index in [9.17, 15) is 13.2 Å². The quantitative estimate of drug-likeness (QED) is 0.636. The van der Waals surface area contributed by atoms with E-state index >= 15 is 0 Å². The Morgan fingerprint density at radius 3 is 2.64 bits per heavy atom. The van der Waals surface area contributed by atoms with Crippen molar-refractivity contribution in [3.8, 4) is 16.9 Å². The fourth-order valence-electron chi connectivity index (χ4n) is 1.96. The zero-order valence-corrected chi connectivity index (χ0v) is 12.1. The minimum absolute atomic E-state index is 0.155. The molecule has 2 aromatic heterocycles. The van der Waals surface area contributed by atoms with Crippen molar-refractivity contribution >= 4 is 28.8 Å². The van der Waals surface area contributed by atoms with Gasteiger partial charge in [0, 0.05) is 11.6 Å². The summed E-state index contributed by atoms with van der Waals surface area (Å²) >= 11 is 11.8. The van der Waals surface area contributed by atoms with E-state index in [1.54, 1.807) is 6.07 Å². The molecule has 2 heterocycles. The second-order valence-electron chi connectivity index (χ2n) is 4.27. The summed E-state index contributed by atoms with van der Waals surface area (Å²) in [4.78, 5) is 4.10. The van der Waals surface area contributed by atoms with Crippen molar-refractivity contribution < 1.29 is 17.9 Å². The lowest BCUT2D eigenvalue weighted by molar-refractivity contribution is -0.274. The maximum atomic E-state index is 12.3. The predicted octanol–water partition coefficient (Wildman–Crippen LogP) is 4.60. The lowest BCUT2D eigenvalue weighted by atomic mass is 10.1. The molecule has 3 aromatic rings. The molecule has 0 aliphatic rings. The van der Waals surface area contributed by atoms with Crippen molar-refractivity contribution in [3.05, 3.63) is 46.8 Å². The van der Waals surface area contributed by atoms with Crippen molar-refractivity contribution in [2.75, 3.05) is 0 Å². The maximum absolute atomic E-state index is 12.3. The molecule has 3 rings (SSSR count). The summed E-state index contributed by atoms with van der Waals surface area (Å²) in [7, 11) is 0. The zero-order valence-electron chi connectivity index (χ0n) is 10.6. The second kappa shape index (κ2) is 5.33. The largest absolute Gasteiger partial charge is 0.573 e. The van der Waals surface area contributed by atoms with Gasteiger partial charge in [-0.05, 0) is 17.7 Å². The van der Waals surface area contributed by atoms with Crippen LogP contribution >= 0.6 is 23.2 Å². The van der Waals surface area contributed by atoms with E-state index in [-0.39, 0.29) is 16.1 Å². The van der Waals surface area contributed by atoms with Gasteiger partial charge in [-0.15, -0.1) is 13.2 Å². The fourth-order valence-corrected chi connectivity index (χ4v) is 2.43. The highest BCUT2D eigenvalue weighted by Crippen LogP contribution is 2.31. The average molecular weight is 348 g/mol. The Morgan fingerprint density at radius 2 is 1.91 bits per heavy atom. The van der Waals surface area contributed by atoms with Gasteiger partial charge in [0.05, 0.1) is 6.20 Å². The fraction of sp³-hybridized carbons (Fsp3) is 0.0769. The van der Waals surface area contributed by atoms with Crippen molar-refractivity contribution in [3.63, 3.8) is 0 Å². The number of halogens is 5. The number of rotatable bonds is 2. The highest BCUT2D eigenvalue weighted by molar-refractivity contribution is 6.33. The Labute approximate surface area is 132 Å². The van der Waals surface area contributed by atoms with E-state index in [0.29, 0.717) is 16.8 Å². The van der Waals surface area contributed by atoms with Crippen LogP contribution in [0.1, 0.15) is 0 Å². The summed E-state index contributed by atoms with van der Waals surface area (Å²) in [5.41, 5.74) is 1.27. The molecule has 0 N–H and O–H groups in total. The molecule has 0 radical (unpaired) electrons. The zero-order chi connectivity index (χ0) is 15.9. The van der Waals surface area contributed by atoms with E-state index in [1.807, 2.05) is 0 Å². The van der Waals surface area contributed by atoms with E-state index in [1.165, 1.54) is 35.0 Å². The van der Waals surface area contributed by atoms with Crippen LogP contribution in [0.25, 0.3) is 16.8 Å². The second-order valence-corrected chi connectivity index (χ2v) is 5.05. The molecule has 0 spiro atoms. The van der Waals surface area contributed by atoms with Crippen LogP contribution in [0.2, 0.25) is 10.3 Å². The standard InChI is InChI=1S/C13H6Cl2F3N3O/c14-10-5-11(15)21-12(20-10)9(6-19-21)7-2-1-3-8(4-7)22-13(16,17)18/h1-6H. The predicted molar refractivity (Wildman–Crippen MR) is 75.1 cm³/mol. The van der Waals surface area contributed by atoms with Crippen LogP contribution in [0.3, 0.4) is 0 Å². The Morgan fingerprint density at radius 1 is 1.14 bits per heavy atom. The number of hydrogen-bond acceptors (Lipinski definition) is 3. The number of hydrogen-bond donors (Lipinski definition) is 0. The summed E-state index contributed by atoms with van der Waals surface area (Å²) in [6.07, 6.45) is -3.32. The molecule has 0 aliphatic carbocycles. The first-order chi connectivity index (χ1) is 10.3. The van der Waals surface area contributed by atoms with Crippen molar-refractivity contribution in [2.45, 2.75) is 6.36 Å². The number of ether oxygens (including phenoxy) is 1. The number of alkyl halides is 3. The first kappa shape index (κ1) is 14.9. The van der Waals surface area contributed by atoms with Crippen LogP contribution in [-0.4, -0.2) is 21.0 Å². The molecular weight excluding hydrogens is 342 g/mol. The van der Waals surface area contributed by atoms with Gasteiger partial charge in [-0.2, -0.15) is 5.10 Å². The maximum Gasteiger partial charge on any atom is 0.573 e. The van der Waals surface area contributed by atoms with Crippen molar-refractivity contribution in [2.24, 2.45) is 0 Å². The Balaban J connectivity index is 2.10. The minimum atomic E-state index is -4.76. The summed E-state index contributed by atoms with van der Waals surface area (Å²) in [5, 5.41) is 4.43. The molecule has 4 nitrogen and oxygen atoms in total. The molecule has 22 heavy (non-hydrogen) atoms. The first-order valence-corrected chi connectivity index (χ1v) is 6.65. The van der Waals surface area contributed by atoms with Gasteiger partial charge in [0.2, 0.25) is 0 Å². The van der Waals surface area contributed by atoms with Crippen LogP contribution < -0.4 is 4.74 Å². The molecule has 0 amide bonds. The number of fused-ring (bicyclic) bond motifs is 1. The number of benzene rings is 1. The van der Waals surface area contributed by atoms with Gasteiger partial charge < -0.3 is 4.74 Å². The van der Waals surface area contributed by atoms with Crippen LogP contribution in [0.5, 0.6) is 5.75 Å². The highest BCUT2D eigenvalue weighted by Gasteiger charge is 2.31. The Bertz CT molecular complexity index is 848. The lowest BCUT2D eigenvalue weighted by Gasteiger charge is -2.09. The molecule has 0 saturated heterocycles. The van der Waals surface area contributed by atoms with E-state index < -0.39 is 6.36 Å².